The summed E-state index contributed by atoms with van der Waals surface area (Å²) in [4.78, 5) is 12.4. The van der Waals surface area contributed by atoms with E-state index in [0.717, 1.165) is 6.54 Å². The van der Waals surface area contributed by atoms with Gasteiger partial charge in [0.1, 0.15) is 5.69 Å². The Kier molecular flexibility index (Phi) is 4.45. The lowest BCUT2D eigenvalue weighted by atomic mass is 10.1. The van der Waals surface area contributed by atoms with Crippen LogP contribution in [0.5, 0.6) is 0 Å². The highest BCUT2D eigenvalue weighted by molar-refractivity contribution is 5.64. The van der Waals surface area contributed by atoms with Gasteiger partial charge in [-0.3, -0.25) is 10.1 Å². The second-order valence-corrected chi connectivity index (χ2v) is 4.51. The minimum absolute atomic E-state index is 0.0414. The number of nitrogens with zero attached hydrogens (tertiary/aromatic N) is 2. The number of aliphatic hydroxyl groups is 1. The van der Waals surface area contributed by atoms with Crippen LogP contribution in [0.15, 0.2) is 18.2 Å². The molecular weight excluding hydrogens is 220 g/mol. The molecule has 0 saturated carbocycles. The molecular formula is C12H18N2O3. The fraction of sp³-hybridized carbons (Fsp3) is 0.500. The van der Waals surface area contributed by atoms with E-state index in [1.54, 1.807) is 12.1 Å². The lowest BCUT2D eigenvalue weighted by Crippen LogP contribution is -2.23. The SMILES string of the molecule is CC(C)CN(C)c1ccc(CO)cc1[N+](=O)[O-]. The van der Waals surface area contributed by atoms with Gasteiger partial charge in [0.25, 0.3) is 5.69 Å². The fourth-order valence-corrected chi connectivity index (χ4v) is 1.78. The Morgan fingerprint density at radius 1 is 1.47 bits per heavy atom. The lowest BCUT2D eigenvalue weighted by Gasteiger charge is -2.21. The normalized spacial score (nSPS) is 10.6. The van der Waals surface area contributed by atoms with Crippen molar-refractivity contribution >= 4 is 11.4 Å². The van der Waals surface area contributed by atoms with Gasteiger partial charge in [0.2, 0.25) is 0 Å². The van der Waals surface area contributed by atoms with Gasteiger partial charge in [0, 0.05) is 19.7 Å². The Bertz CT molecular complexity index is 405. The minimum Gasteiger partial charge on any atom is -0.392 e. The first-order valence-electron chi connectivity index (χ1n) is 5.55. The second kappa shape index (κ2) is 5.63. The van der Waals surface area contributed by atoms with E-state index in [-0.39, 0.29) is 12.3 Å². The van der Waals surface area contributed by atoms with Crippen molar-refractivity contribution in [2.24, 2.45) is 5.92 Å². The van der Waals surface area contributed by atoms with Gasteiger partial charge in [-0.2, -0.15) is 0 Å². The van der Waals surface area contributed by atoms with Crippen LogP contribution in [0.2, 0.25) is 0 Å². The third-order valence-corrected chi connectivity index (χ3v) is 2.47. The standard InChI is InChI=1S/C12H18N2O3/c1-9(2)7-13(3)11-5-4-10(8-15)6-12(11)14(16)17/h4-6,9,15H,7-8H2,1-3H3. The summed E-state index contributed by atoms with van der Waals surface area (Å²) in [6.45, 7) is 4.68. The molecule has 1 aromatic rings. The summed E-state index contributed by atoms with van der Waals surface area (Å²) < 4.78 is 0. The maximum atomic E-state index is 11.0. The first-order chi connectivity index (χ1) is 7.95. The Hall–Kier alpha value is -1.62. The quantitative estimate of drug-likeness (QED) is 0.630. The van der Waals surface area contributed by atoms with Crippen LogP contribution in [0.4, 0.5) is 11.4 Å². The van der Waals surface area contributed by atoms with E-state index in [4.69, 9.17) is 5.11 Å². The highest BCUT2D eigenvalue weighted by atomic mass is 16.6. The highest BCUT2D eigenvalue weighted by Gasteiger charge is 2.18. The van der Waals surface area contributed by atoms with Gasteiger partial charge in [0.15, 0.2) is 0 Å². The summed E-state index contributed by atoms with van der Waals surface area (Å²) in [5.74, 6) is 0.428. The summed E-state index contributed by atoms with van der Waals surface area (Å²) in [7, 11) is 1.83. The number of hydrogen-bond donors (Lipinski definition) is 1. The van der Waals surface area contributed by atoms with Crippen LogP contribution in [-0.4, -0.2) is 23.6 Å². The summed E-state index contributed by atoms with van der Waals surface area (Å²) in [5.41, 5.74) is 1.18. The van der Waals surface area contributed by atoms with Crippen molar-refractivity contribution in [1.29, 1.82) is 0 Å². The Balaban J connectivity index is 3.09. The molecule has 0 atom stereocenters. The van der Waals surface area contributed by atoms with Crippen molar-refractivity contribution in [2.75, 3.05) is 18.5 Å². The van der Waals surface area contributed by atoms with Crippen molar-refractivity contribution in [3.05, 3.63) is 33.9 Å². The molecule has 17 heavy (non-hydrogen) atoms. The van der Waals surface area contributed by atoms with Crippen LogP contribution < -0.4 is 4.90 Å². The molecule has 0 amide bonds. The van der Waals surface area contributed by atoms with E-state index in [1.807, 2.05) is 11.9 Å². The highest BCUT2D eigenvalue weighted by Crippen LogP contribution is 2.28. The molecule has 0 heterocycles. The van der Waals surface area contributed by atoms with E-state index in [1.165, 1.54) is 6.07 Å². The lowest BCUT2D eigenvalue weighted by molar-refractivity contribution is -0.384. The number of hydrogen-bond acceptors (Lipinski definition) is 4. The maximum absolute atomic E-state index is 11.0. The van der Waals surface area contributed by atoms with E-state index >= 15 is 0 Å². The Morgan fingerprint density at radius 2 is 2.12 bits per heavy atom. The number of nitro groups is 1. The third-order valence-electron chi connectivity index (χ3n) is 2.47. The number of nitro benzene ring substituents is 1. The van der Waals surface area contributed by atoms with Crippen LogP contribution in [0, 0.1) is 16.0 Å². The van der Waals surface area contributed by atoms with Gasteiger partial charge < -0.3 is 10.0 Å². The first kappa shape index (κ1) is 13.4. The van der Waals surface area contributed by atoms with Crippen molar-refractivity contribution in [3.8, 4) is 0 Å². The minimum atomic E-state index is -0.411. The molecule has 5 nitrogen and oxygen atoms in total. The van der Waals surface area contributed by atoms with E-state index in [2.05, 4.69) is 13.8 Å². The molecule has 0 aliphatic rings. The van der Waals surface area contributed by atoms with Crippen molar-refractivity contribution in [2.45, 2.75) is 20.5 Å². The average Bonchev–Trinajstić information content (AvgIpc) is 2.27. The van der Waals surface area contributed by atoms with Gasteiger partial charge in [-0.15, -0.1) is 0 Å². The number of rotatable bonds is 5. The molecule has 0 spiro atoms. The second-order valence-electron chi connectivity index (χ2n) is 4.51. The summed E-state index contributed by atoms with van der Waals surface area (Å²) >= 11 is 0. The summed E-state index contributed by atoms with van der Waals surface area (Å²) in [5, 5.41) is 20.0. The van der Waals surface area contributed by atoms with Gasteiger partial charge in [0.05, 0.1) is 11.5 Å². The zero-order valence-corrected chi connectivity index (χ0v) is 10.4. The monoisotopic (exact) mass is 238 g/mol. The van der Waals surface area contributed by atoms with E-state index in [9.17, 15) is 10.1 Å². The molecule has 0 saturated heterocycles. The predicted octanol–water partition coefficient (Wildman–Crippen LogP) is 2.18. The number of aliphatic hydroxyl groups excluding tert-OH is 1. The van der Waals surface area contributed by atoms with Gasteiger partial charge in [-0.1, -0.05) is 19.9 Å². The third kappa shape index (κ3) is 3.42. The summed E-state index contributed by atoms with van der Waals surface area (Å²) in [6, 6.07) is 4.82. The smallest absolute Gasteiger partial charge is 0.292 e. The van der Waals surface area contributed by atoms with Gasteiger partial charge >= 0.3 is 0 Å². The van der Waals surface area contributed by atoms with Crippen molar-refractivity contribution < 1.29 is 10.0 Å². The topological polar surface area (TPSA) is 66.6 Å². The van der Waals surface area contributed by atoms with Crippen molar-refractivity contribution in [3.63, 3.8) is 0 Å². The number of benzene rings is 1. The first-order valence-corrected chi connectivity index (χ1v) is 5.55. The molecule has 1 aromatic carbocycles. The average molecular weight is 238 g/mol. The molecule has 0 unspecified atom stereocenters. The van der Waals surface area contributed by atoms with Gasteiger partial charge in [-0.05, 0) is 17.5 Å². The van der Waals surface area contributed by atoms with E-state index < -0.39 is 4.92 Å². The molecule has 5 heteroatoms. The van der Waals surface area contributed by atoms with Crippen LogP contribution in [0.3, 0.4) is 0 Å². The van der Waals surface area contributed by atoms with E-state index in [0.29, 0.717) is 17.2 Å². The number of anilines is 1. The predicted molar refractivity (Wildman–Crippen MR) is 67.1 cm³/mol. The molecule has 94 valence electrons. The molecule has 0 aliphatic carbocycles. The van der Waals surface area contributed by atoms with Crippen molar-refractivity contribution in [1.82, 2.24) is 0 Å². The summed E-state index contributed by atoms with van der Waals surface area (Å²) in [6.07, 6.45) is 0. The molecule has 0 aromatic heterocycles. The fourth-order valence-electron chi connectivity index (χ4n) is 1.78. The molecule has 0 radical (unpaired) electrons. The molecule has 0 fully saturated rings. The van der Waals surface area contributed by atoms with Crippen LogP contribution in [0.1, 0.15) is 19.4 Å². The zero-order chi connectivity index (χ0) is 13.0. The van der Waals surface area contributed by atoms with Gasteiger partial charge in [-0.25, -0.2) is 0 Å². The Morgan fingerprint density at radius 3 is 2.59 bits per heavy atom. The largest absolute Gasteiger partial charge is 0.392 e. The van der Waals surface area contributed by atoms with Crippen LogP contribution >= 0.6 is 0 Å². The van der Waals surface area contributed by atoms with Crippen LogP contribution in [0.25, 0.3) is 0 Å². The zero-order valence-electron chi connectivity index (χ0n) is 10.4. The molecule has 0 bridgehead atoms. The molecule has 0 aliphatic heterocycles. The molecule has 1 N–H and O–H groups in total. The maximum Gasteiger partial charge on any atom is 0.292 e. The molecule has 1 rings (SSSR count). The van der Waals surface area contributed by atoms with Crippen LogP contribution in [-0.2, 0) is 6.61 Å². The Labute approximate surface area is 101 Å².